The van der Waals surface area contributed by atoms with Gasteiger partial charge in [0.25, 0.3) is 5.91 Å². The maximum atomic E-state index is 12.3. The molecule has 0 unspecified atom stereocenters. The van der Waals surface area contributed by atoms with E-state index >= 15 is 0 Å². The Labute approximate surface area is 126 Å². The average Bonchev–Trinajstić information content (AvgIpc) is 2.91. The number of aryl methyl sites for hydroxylation is 1. The summed E-state index contributed by atoms with van der Waals surface area (Å²) in [5.41, 5.74) is 1.25. The third-order valence-electron chi connectivity index (χ3n) is 3.05. The Kier molecular flexibility index (Phi) is 3.53. The van der Waals surface area contributed by atoms with Crippen molar-refractivity contribution in [1.29, 1.82) is 0 Å². The SMILES string of the molecule is CNc1nc(C(=O)Nc2nc(C)cs2)cc2ccccc12. The van der Waals surface area contributed by atoms with E-state index < -0.39 is 0 Å². The van der Waals surface area contributed by atoms with Crippen LogP contribution in [0.5, 0.6) is 0 Å². The molecule has 21 heavy (non-hydrogen) atoms. The summed E-state index contributed by atoms with van der Waals surface area (Å²) in [5, 5.41) is 10.2. The van der Waals surface area contributed by atoms with Crippen molar-refractivity contribution in [2.24, 2.45) is 0 Å². The second-order valence-corrected chi connectivity index (χ2v) is 5.43. The van der Waals surface area contributed by atoms with Gasteiger partial charge in [-0.05, 0) is 18.4 Å². The number of hydrogen-bond donors (Lipinski definition) is 2. The van der Waals surface area contributed by atoms with Crippen molar-refractivity contribution in [2.45, 2.75) is 6.92 Å². The summed E-state index contributed by atoms with van der Waals surface area (Å²) in [5.74, 6) is 0.431. The molecule has 1 amide bonds. The first-order valence-corrected chi connectivity index (χ1v) is 7.36. The van der Waals surface area contributed by atoms with E-state index in [2.05, 4.69) is 20.6 Å². The summed E-state index contributed by atoms with van der Waals surface area (Å²) in [7, 11) is 1.79. The first kappa shape index (κ1) is 13.5. The number of thiazole rings is 1. The third-order valence-corrected chi connectivity index (χ3v) is 3.92. The van der Waals surface area contributed by atoms with Gasteiger partial charge in [0, 0.05) is 17.8 Å². The Hall–Kier alpha value is -2.47. The number of hydrogen-bond acceptors (Lipinski definition) is 5. The van der Waals surface area contributed by atoms with Gasteiger partial charge in [-0.1, -0.05) is 24.3 Å². The molecule has 3 rings (SSSR count). The molecule has 5 nitrogen and oxygen atoms in total. The highest BCUT2D eigenvalue weighted by Crippen LogP contribution is 2.23. The van der Waals surface area contributed by atoms with Gasteiger partial charge in [0.2, 0.25) is 0 Å². The number of carbonyl (C=O) groups excluding carboxylic acids is 1. The fourth-order valence-corrected chi connectivity index (χ4v) is 2.76. The Balaban J connectivity index is 1.98. The van der Waals surface area contributed by atoms with Crippen LogP contribution in [0.15, 0.2) is 35.7 Å². The number of fused-ring (bicyclic) bond motifs is 1. The van der Waals surface area contributed by atoms with Crippen molar-refractivity contribution in [3.63, 3.8) is 0 Å². The maximum Gasteiger partial charge on any atom is 0.276 e. The maximum absolute atomic E-state index is 12.3. The van der Waals surface area contributed by atoms with E-state index in [4.69, 9.17) is 0 Å². The molecule has 0 radical (unpaired) electrons. The monoisotopic (exact) mass is 298 g/mol. The Morgan fingerprint density at radius 1 is 1.24 bits per heavy atom. The Morgan fingerprint density at radius 2 is 2.05 bits per heavy atom. The zero-order valence-electron chi connectivity index (χ0n) is 11.7. The summed E-state index contributed by atoms with van der Waals surface area (Å²) in [6, 6.07) is 9.60. The normalized spacial score (nSPS) is 10.6. The molecule has 0 aliphatic heterocycles. The highest BCUT2D eigenvalue weighted by atomic mass is 32.1. The lowest BCUT2D eigenvalue weighted by molar-refractivity contribution is 0.102. The van der Waals surface area contributed by atoms with Crippen LogP contribution in [0.4, 0.5) is 10.9 Å². The molecule has 0 bridgehead atoms. The minimum Gasteiger partial charge on any atom is -0.373 e. The number of amides is 1. The van der Waals surface area contributed by atoms with Gasteiger partial charge >= 0.3 is 0 Å². The molecule has 2 N–H and O–H groups in total. The van der Waals surface area contributed by atoms with Crippen molar-refractivity contribution < 1.29 is 4.79 Å². The number of aromatic nitrogens is 2. The highest BCUT2D eigenvalue weighted by molar-refractivity contribution is 7.13. The summed E-state index contributed by atoms with van der Waals surface area (Å²) in [6.07, 6.45) is 0. The van der Waals surface area contributed by atoms with Crippen LogP contribution in [0.2, 0.25) is 0 Å². The van der Waals surface area contributed by atoms with Gasteiger partial charge < -0.3 is 5.32 Å². The van der Waals surface area contributed by atoms with E-state index in [1.807, 2.05) is 36.6 Å². The van der Waals surface area contributed by atoms with Gasteiger partial charge in [0.05, 0.1) is 5.69 Å². The second-order valence-electron chi connectivity index (χ2n) is 4.58. The van der Waals surface area contributed by atoms with Crippen LogP contribution in [0.1, 0.15) is 16.2 Å². The van der Waals surface area contributed by atoms with Crippen molar-refractivity contribution >= 4 is 39.0 Å². The standard InChI is InChI=1S/C15H14N4OS/c1-9-8-21-15(17-9)19-14(20)12-7-10-5-3-4-6-11(10)13(16-2)18-12/h3-8H,1-2H3,(H,16,18)(H,17,19,20). The van der Waals surface area contributed by atoms with Crippen LogP contribution in [-0.2, 0) is 0 Å². The van der Waals surface area contributed by atoms with E-state index in [1.54, 1.807) is 13.1 Å². The van der Waals surface area contributed by atoms with Gasteiger partial charge in [-0.25, -0.2) is 9.97 Å². The topological polar surface area (TPSA) is 66.9 Å². The van der Waals surface area contributed by atoms with E-state index in [-0.39, 0.29) is 5.91 Å². The number of pyridine rings is 1. The zero-order valence-corrected chi connectivity index (χ0v) is 12.5. The average molecular weight is 298 g/mol. The molecule has 0 atom stereocenters. The van der Waals surface area contributed by atoms with Gasteiger partial charge in [-0.2, -0.15) is 0 Å². The first-order valence-electron chi connectivity index (χ1n) is 6.48. The lowest BCUT2D eigenvalue weighted by atomic mass is 10.1. The van der Waals surface area contributed by atoms with E-state index in [0.29, 0.717) is 16.6 Å². The highest BCUT2D eigenvalue weighted by Gasteiger charge is 2.13. The van der Waals surface area contributed by atoms with Gasteiger partial charge in [0.1, 0.15) is 11.5 Å². The van der Waals surface area contributed by atoms with E-state index in [1.165, 1.54) is 11.3 Å². The Bertz CT molecular complexity index is 812. The van der Waals surface area contributed by atoms with Crippen molar-refractivity contribution in [1.82, 2.24) is 9.97 Å². The van der Waals surface area contributed by atoms with Gasteiger partial charge in [0.15, 0.2) is 5.13 Å². The van der Waals surface area contributed by atoms with Gasteiger partial charge in [-0.3, -0.25) is 10.1 Å². The predicted molar refractivity (Wildman–Crippen MR) is 86.1 cm³/mol. The van der Waals surface area contributed by atoms with Crippen LogP contribution in [0.25, 0.3) is 10.8 Å². The quantitative estimate of drug-likeness (QED) is 0.778. The molecule has 2 aromatic heterocycles. The molecule has 0 aliphatic rings. The number of nitrogens with zero attached hydrogens (tertiary/aromatic N) is 2. The molecule has 0 fully saturated rings. The second kappa shape index (κ2) is 5.49. The minimum atomic E-state index is -0.258. The first-order chi connectivity index (χ1) is 10.2. The van der Waals surface area contributed by atoms with Crippen LogP contribution < -0.4 is 10.6 Å². The number of rotatable bonds is 3. The van der Waals surface area contributed by atoms with Crippen LogP contribution in [-0.4, -0.2) is 22.9 Å². The molecule has 106 valence electrons. The summed E-state index contributed by atoms with van der Waals surface area (Å²) >= 11 is 1.40. The smallest absolute Gasteiger partial charge is 0.276 e. The molecule has 2 heterocycles. The van der Waals surface area contributed by atoms with Crippen molar-refractivity contribution in [3.8, 4) is 0 Å². The third kappa shape index (κ3) is 2.71. The summed E-state index contributed by atoms with van der Waals surface area (Å²) < 4.78 is 0. The van der Waals surface area contributed by atoms with Crippen molar-refractivity contribution in [3.05, 3.63) is 47.1 Å². The number of benzene rings is 1. The van der Waals surface area contributed by atoms with Gasteiger partial charge in [-0.15, -0.1) is 11.3 Å². The van der Waals surface area contributed by atoms with Crippen LogP contribution in [0, 0.1) is 6.92 Å². The molecule has 0 saturated carbocycles. The van der Waals surface area contributed by atoms with Crippen molar-refractivity contribution in [2.75, 3.05) is 17.7 Å². The lowest BCUT2D eigenvalue weighted by Crippen LogP contribution is -2.14. The fraction of sp³-hybridized carbons (Fsp3) is 0.133. The minimum absolute atomic E-state index is 0.258. The lowest BCUT2D eigenvalue weighted by Gasteiger charge is -2.08. The molecule has 0 saturated heterocycles. The molecule has 0 spiro atoms. The fourth-order valence-electron chi connectivity index (χ4n) is 2.08. The summed E-state index contributed by atoms with van der Waals surface area (Å²) in [4.78, 5) is 20.9. The number of carbonyl (C=O) groups is 1. The predicted octanol–water partition coefficient (Wildman–Crippen LogP) is 3.29. The number of nitrogens with one attached hydrogen (secondary N) is 2. The number of anilines is 2. The van der Waals surface area contributed by atoms with Crippen LogP contribution >= 0.6 is 11.3 Å². The Morgan fingerprint density at radius 3 is 2.76 bits per heavy atom. The van der Waals surface area contributed by atoms with Crippen LogP contribution in [0.3, 0.4) is 0 Å². The zero-order chi connectivity index (χ0) is 14.8. The largest absolute Gasteiger partial charge is 0.373 e. The molecule has 1 aromatic carbocycles. The summed E-state index contributed by atoms with van der Waals surface area (Å²) in [6.45, 7) is 1.89. The molecular weight excluding hydrogens is 284 g/mol. The molecule has 3 aromatic rings. The molecular formula is C15H14N4OS. The molecule has 0 aliphatic carbocycles. The van der Waals surface area contributed by atoms with E-state index in [9.17, 15) is 4.79 Å². The molecule has 6 heteroatoms. The van der Waals surface area contributed by atoms with E-state index in [0.717, 1.165) is 16.5 Å².